The zero-order valence-corrected chi connectivity index (χ0v) is 10.3. The Labute approximate surface area is 99.0 Å². The van der Waals surface area contributed by atoms with Crippen molar-refractivity contribution in [2.45, 2.75) is 13.8 Å². The fourth-order valence-electron chi connectivity index (χ4n) is 1.11. The van der Waals surface area contributed by atoms with Crippen LogP contribution in [-0.4, -0.2) is 42.3 Å². The molecule has 2 radical (unpaired) electrons. The summed E-state index contributed by atoms with van der Waals surface area (Å²) >= 11 is 0. The van der Waals surface area contributed by atoms with Gasteiger partial charge < -0.3 is 4.90 Å². The third-order valence-electron chi connectivity index (χ3n) is 1.27. The molecule has 0 N–H and O–H groups in total. The van der Waals surface area contributed by atoms with Gasteiger partial charge in [-0.05, 0) is 12.4 Å². The van der Waals surface area contributed by atoms with Gasteiger partial charge in [-0.25, -0.2) is 19.6 Å². The Kier molecular flexibility index (Phi) is 9.74. The second kappa shape index (κ2) is 8.33. The average Bonchev–Trinajstić information content (AvgIpc) is 1.84. The van der Waals surface area contributed by atoms with E-state index in [-0.39, 0.29) is 23.1 Å². The van der Waals surface area contributed by atoms with Crippen LogP contribution in [-0.2, 0) is 0 Å². The molecule has 1 heterocycles. The van der Waals surface area contributed by atoms with Crippen molar-refractivity contribution >= 4 is 30.3 Å². The van der Waals surface area contributed by atoms with E-state index in [2.05, 4.69) is 51.9 Å². The van der Waals surface area contributed by atoms with Gasteiger partial charge in [0.05, 0.1) is 0 Å². The normalized spacial score (nSPS) is 14.2. The molecule has 0 spiro atoms. The van der Waals surface area contributed by atoms with E-state index >= 15 is 0 Å². The summed E-state index contributed by atoms with van der Waals surface area (Å²) in [4.78, 5) is 2.07. The third-order valence-corrected chi connectivity index (χ3v) is 1.27. The topological polar surface area (TPSA) is 3.24 Å². The van der Waals surface area contributed by atoms with Crippen molar-refractivity contribution < 1.29 is 0 Å². The molecule has 0 saturated carbocycles. The number of hydrogen-bond acceptors (Lipinski definition) is 1. The van der Waals surface area contributed by atoms with Crippen LogP contribution in [0.2, 0.25) is 0 Å². The van der Waals surface area contributed by atoms with Gasteiger partial charge in [0.2, 0.25) is 0 Å². The Bertz CT molecular complexity index is 191. The van der Waals surface area contributed by atoms with Gasteiger partial charge in [0.1, 0.15) is 0 Å². The van der Waals surface area contributed by atoms with Crippen LogP contribution >= 0.6 is 0 Å². The molecule has 0 fully saturated rings. The predicted molar refractivity (Wildman–Crippen MR) is 62.3 cm³/mol. The quantitative estimate of drug-likeness (QED) is 0.412. The smallest absolute Gasteiger partial charge is 0.365 e. The Morgan fingerprint density at radius 2 is 1.69 bits per heavy atom. The fraction of sp³-hybridized carbons (Fsp3) is 0.300. The SMILES string of the molecule is C=C[CH2-].CC1=CN(C)C=C(C)[B-]1.[Mg+2]. The van der Waals surface area contributed by atoms with Crippen molar-refractivity contribution in [1.29, 1.82) is 0 Å². The van der Waals surface area contributed by atoms with E-state index in [0.717, 1.165) is 0 Å². The molecule has 66 valence electrons. The maximum atomic E-state index is 3.25. The van der Waals surface area contributed by atoms with Crippen molar-refractivity contribution in [3.05, 3.63) is 42.9 Å². The molecular weight excluding hydrogens is 169 g/mol. The maximum Gasteiger partial charge on any atom is 2.00 e. The molecule has 1 aliphatic heterocycles. The summed E-state index contributed by atoms with van der Waals surface area (Å²) in [6.45, 7) is 10.7. The summed E-state index contributed by atoms with van der Waals surface area (Å²) in [5.41, 5.74) is 2.63. The first kappa shape index (κ1) is 15.2. The Hall–Kier alpha value is -0.279. The van der Waals surface area contributed by atoms with Gasteiger partial charge in [-0.2, -0.15) is 0 Å². The molecule has 0 aromatic rings. The minimum absolute atomic E-state index is 0. The van der Waals surface area contributed by atoms with E-state index in [0.29, 0.717) is 0 Å². The number of hydrogen-bond donors (Lipinski definition) is 0. The van der Waals surface area contributed by atoms with Crippen LogP contribution in [0.3, 0.4) is 0 Å². The van der Waals surface area contributed by atoms with Crippen molar-refractivity contribution in [2.24, 2.45) is 0 Å². The van der Waals surface area contributed by atoms with E-state index in [9.17, 15) is 0 Å². The first-order chi connectivity index (χ1) is 5.60. The van der Waals surface area contributed by atoms with E-state index in [1.165, 1.54) is 17.0 Å². The molecule has 1 nitrogen and oxygen atoms in total. The monoisotopic (exact) mass is 185 g/mol. The molecule has 0 aliphatic carbocycles. The summed E-state index contributed by atoms with van der Waals surface area (Å²) < 4.78 is 0. The van der Waals surface area contributed by atoms with Crippen molar-refractivity contribution in [2.75, 3.05) is 7.05 Å². The molecule has 3 heteroatoms. The first-order valence-electron chi connectivity index (χ1n) is 3.93. The summed E-state index contributed by atoms with van der Waals surface area (Å²) in [7, 11) is 4.21. The van der Waals surface area contributed by atoms with Crippen LogP contribution in [0, 0.1) is 6.92 Å². The molecule has 0 aromatic carbocycles. The van der Waals surface area contributed by atoms with E-state index in [4.69, 9.17) is 0 Å². The molecule has 0 aromatic heterocycles. The van der Waals surface area contributed by atoms with E-state index in [1.54, 1.807) is 0 Å². The predicted octanol–water partition coefficient (Wildman–Crippen LogP) is 1.98. The molecule has 1 aliphatic rings. The average molecular weight is 185 g/mol. The van der Waals surface area contributed by atoms with Gasteiger partial charge in [-0.15, -0.1) is 0 Å². The summed E-state index contributed by atoms with van der Waals surface area (Å²) in [5.74, 6) is 0. The molecule has 0 unspecified atom stereocenters. The zero-order valence-electron chi connectivity index (χ0n) is 8.88. The van der Waals surface area contributed by atoms with Gasteiger partial charge in [0.25, 0.3) is 0 Å². The van der Waals surface area contributed by atoms with Gasteiger partial charge in [-0.3, -0.25) is 18.2 Å². The summed E-state index contributed by atoms with van der Waals surface area (Å²) in [6.07, 6.45) is 5.71. The second-order valence-electron chi connectivity index (χ2n) is 2.84. The zero-order chi connectivity index (χ0) is 9.56. The second-order valence-corrected chi connectivity index (χ2v) is 2.84. The Morgan fingerprint density at radius 3 is 1.92 bits per heavy atom. The standard InChI is InChI=1S/C7H11BN.C3H5.Mg/c1-6-4-9(3)5-7(2)8-6;1-3-2;/h4-5H,1-3H3;3H,1-2H2;/q2*-1;+2. The van der Waals surface area contributed by atoms with Crippen LogP contribution in [0.25, 0.3) is 0 Å². The van der Waals surface area contributed by atoms with Crippen LogP contribution in [0.4, 0.5) is 0 Å². The molecule has 0 amide bonds. The van der Waals surface area contributed by atoms with E-state index < -0.39 is 0 Å². The van der Waals surface area contributed by atoms with Crippen LogP contribution < -0.4 is 0 Å². The largest absolute Gasteiger partial charge is 2.00 e. The number of rotatable bonds is 0. The van der Waals surface area contributed by atoms with E-state index in [1.807, 2.05) is 7.05 Å². The van der Waals surface area contributed by atoms with Crippen molar-refractivity contribution in [1.82, 2.24) is 4.90 Å². The Balaban J connectivity index is 0. The van der Waals surface area contributed by atoms with Crippen molar-refractivity contribution in [3.63, 3.8) is 0 Å². The molecule has 0 saturated heterocycles. The minimum Gasteiger partial charge on any atom is -0.365 e. The molecule has 0 atom stereocenters. The Morgan fingerprint density at radius 1 is 1.38 bits per heavy atom. The first-order valence-corrected chi connectivity index (χ1v) is 3.93. The number of allylic oxidation sites excluding steroid dienone is 3. The molecule has 1 rings (SSSR count). The summed E-state index contributed by atoms with van der Waals surface area (Å²) in [5, 5.41) is 0. The molecule has 0 bridgehead atoms. The van der Waals surface area contributed by atoms with Gasteiger partial charge in [0.15, 0.2) is 0 Å². The third kappa shape index (κ3) is 8.06. The summed E-state index contributed by atoms with van der Waals surface area (Å²) in [6, 6.07) is 0. The van der Waals surface area contributed by atoms with Crippen molar-refractivity contribution in [3.8, 4) is 0 Å². The van der Waals surface area contributed by atoms with Crippen LogP contribution in [0.15, 0.2) is 36.0 Å². The minimum atomic E-state index is 0. The van der Waals surface area contributed by atoms with Crippen LogP contribution in [0.5, 0.6) is 0 Å². The molecular formula is C10H16BMgN. The van der Waals surface area contributed by atoms with Gasteiger partial charge in [-0.1, -0.05) is 13.8 Å². The van der Waals surface area contributed by atoms with Gasteiger partial charge in [0, 0.05) is 7.05 Å². The maximum absolute atomic E-state index is 3.25. The fourth-order valence-corrected chi connectivity index (χ4v) is 1.11. The number of nitrogens with zero attached hydrogens (tertiary/aromatic N) is 1. The molecule has 13 heavy (non-hydrogen) atoms. The van der Waals surface area contributed by atoms with Gasteiger partial charge >= 0.3 is 23.1 Å². The van der Waals surface area contributed by atoms with Crippen LogP contribution in [0.1, 0.15) is 13.8 Å².